The average molecular weight is 665 g/mol. The molecule has 0 saturated heterocycles. The molecule has 0 bridgehead atoms. The molecule has 2 amide bonds. The molecule has 0 saturated carbocycles. The van der Waals surface area contributed by atoms with Crippen LogP contribution in [0.1, 0.15) is 43.9 Å². The van der Waals surface area contributed by atoms with Crippen molar-refractivity contribution in [3.05, 3.63) is 108 Å². The molecular weight excluding hydrogens is 612 g/mol. The second-order valence-corrected chi connectivity index (χ2v) is 12.8. The molecule has 7 N–H and O–H groups in total. The van der Waals surface area contributed by atoms with Gasteiger partial charge in [-0.2, -0.15) is 0 Å². The number of benzene rings is 3. The quantitative estimate of drug-likeness (QED) is 0.0712. The highest BCUT2D eigenvalue weighted by Crippen LogP contribution is 2.12. The van der Waals surface area contributed by atoms with Gasteiger partial charge in [0.25, 0.3) is 0 Å². The van der Waals surface area contributed by atoms with E-state index in [1.54, 1.807) is 20.8 Å². The number of nitrogens with one attached hydrogen (secondary N) is 4. The van der Waals surface area contributed by atoms with Crippen LogP contribution >= 0.6 is 0 Å². The van der Waals surface area contributed by atoms with E-state index in [0.29, 0.717) is 19.4 Å². The van der Waals surface area contributed by atoms with Gasteiger partial charge in [0, 0.05) is 19.7 Å². The summed E-state index contributed by atoms with van der Waals surface area (Å²) in [7, 11) is 0. The van der Waals surface area contributed by atoms with Gasteiger partial charge in [-0.3, -0.25) is 10.1 Å². The Labute approximate surface area is 284 Å². The molecule has 0 unspecified atom stereocenters. The summed E-state index contributed by atoms with van der Waals surface area (Å²) in [6.07, 6.45) is -1.80. The van der Waals surface area contributed by atoms with E-state index in [4.69, 9.17) is 9.47 Å². The number of rotatable bonds is 20. The van der Waals surface area contributed by atoms with Crippen LogP contribution in [0.5, 0.6) is 0 Å². The van der Waals surface area contributed by atoms with Gasteiger partial charge < -0.3 is 40.7 Å². The lowest BCUT2D eigenvalue weighted by Crippen LogP contribution is -2.55. The summed E-state index contributed by atoms with van der Waals surface area (Å²) >= 11 is 0. The van der Waals surface area contributed by atoms with Gasteiger partial charge in [0.1, 0.15) is 5.60 Å². The molecule has 0 aliphatic carbocycles. The molecule has 0 aromatic heterocycles. The number of hydrogen-bond acceptors (Lipinski definition) is 9. The van der Waals surface area contributed by atoms with Crippen LogP contribution in [0, 0.1) is 0 Å². The van der Waals surface area contributed by atoms with Gasteiger partial charge in [0.2, 0.25) is 5.91 Å². The molecule has 0 fully saturated rings. The molecule has 48 heavy (non-hydrogen) atoms. The first-order valence-electron chi connectivity index (χ1n) is 16.4. The van der Waals surface area contributed by atoms with E-state index < -0.39 is 42.0 Å². The van der Waals surface area contributed by atoms with Crippen molar-refractivity contribution in [1.29, 1.82) is 0 Å². The van der Waals surface area contributed by atoms with Crippen molar-refractivity contribution in [1.82, 2.24) is 21.3 Å². The summed E-state index contributed by atoms with van der Waals surface area (Å²) in [4.78, 5) is 26.0. The van der Waals surface area contributed by atoms with Gasteiger partial charge in [-0.25, -0.2) is 4.79 Å². The molecule has 3 aromatic carbocycles. The maximum absolute atomic E-state index is 13.4. The Hall–Kier alpha value is -3.84. The Balaban J connectivity index is 1.61. The fourth-order valence-electron chi connectivity index (χ4n) is 5.07. The summed E-state index contributed by atoms with van der Waals surface area (Å²) < 4.78 is 11.1. The van der Waals surface area contributed by atoms with Crippen LogP contribution in [-0.4, -0.2) is 89.7 Å². The first kappa shape index (κ1) is 38.6. The number of carbonyl (C=O) groups is 2. The van der Waals surface area contributed by atoms with Crippen molar-refractivity contribution in [2.45, 2.75) is 82.6 Å². The number of ether oxygens (including phenoxy) is 2. The number of aliphatic hydroxyl groups excluding tert-OH is 3. The molecule has 0 spiro atoms. The number of amides is 2. The predicted molar refractivity (Wildman–Crippen MR) is 185 cm³/mol. The lowest BCUT2D eigenvalue weighted by atomic mass is 9.99. The highest BCUT2D eigenvalue weighted by atomic mass is 16.6. The standard InChI is InChI=1S/C37H52N4O7/c1-37(2,3)48-36(46)41-32(22-28-15-9-5-10-16-28)34(44)24-38-23-33(43)31(21-27-13-7-4-8-14-27)40-35(45)30(19-20-42)39-26-47-25-29-17-11-6-12-18-29/h4-18,30-34,38-39,42-44H,19-26H2,1-3H3,(H,40,45)(H,41,46)/t30-,31-,32-,33+,34+/m0/s1. The van der Waals surface area contributed by atoms with Gasteiger partial charge in [0.05, 0.1) is 43.7 Å². The molecule has 0 aliphatic rings. The third kappa shape index (κ3) is 14.9. The molecule has 3 rings (SSSR count). The fourth-order valence-corrected chi connectivity index (χ4v) is 5.07. The molecule has 11 heteroatoms. The molecule has 11 nitrogen and oxygen atoms in total. The monoisotopic (exact) mass is 664 g/mol. The van der Waals surface area contributed by atoms with E-state index in [9.17, 15) is 24.9 Å². The third-order valence-corrected chi connectivity index (χ3v) is 7.54. The Morgan fingerprint density at radius 3 is 1.69 bits per heavy atom. The molecule has 0 radical (unpaired) electrons. The van der Waals surface area contributed by atoms with Crippen LogP contribution in [0.4, 0.5) is 4.79 Å². The molecule has 3 aromatic rings. The Morgan fingerprint density at radius 2 is 1.21 bits per heavy atom. The first-order chi connectivity index (χ1) is 23.0. The van der Waals surface area contributed by atoms with Crippen molar-refractivity contribution in [3.63, 3.8) is 0 Å². The van der Waals surface area contributed by atoms with Crippen LogP contribution in [0.15, 0.2) is 91.0 Å². The van der Waals surface area contributed by atoms with Crippen molar-refractivity contribution >= 4 is 12.0 Å². The van der Waals surface area contributed by atoms with Gasteiger partial charge in [-0.1, -0.05) is 91.0 Å². The molecular formula is C37H52N4O7. The third-order valence-electron chi connectivity index (χ3n) is 7.54. The molecule has 0 heterocycles. The lowest BCUT2D eigenvalue weighted by molar-refractivity contribution is -0.125. The van der Waals surface area contributed by atoms with Crippen LogP contribution in [0.25, 0.3) is 0 Å². The average Bonchev–Trinajstić information content (AvgIpc) is 3.06. The minimum atomic E-state index is -1.03. The molecule has 5 atom stereocenters. The van der Waals surface area contributed by atoms with Gasteiger partial charge in [0.15, 0.2) is 0 Å². The van der Waals surface area contributed by atoms with Crippen LogP contribution in [0.3, 0.4) is 0 Å². The SMILES string of the molecule is CC(C)(C)OC(=O)N[C@@H](Cc1ccccc1)[C@H](O)CNC[C@@H](O)[C@H](Cc1ccccc1)NC(=O)[C@H](CCO)NCOCc1ccccc1. The van der Waals surface area contributed by atoms with Crippen LogP contribution in [0.2, 0.25) is 0 Å². The van der Waals surface area contributed by atoms with Crippen molar-refractivity contribution < 1.29 is 34.4 Å². The van der Waals surface area contributed by atoms with Crippen molar-refractivity contribution in [2.24, 2.45) is 0 Å². The van der Waals surface area contributed by atoms with E-state index in [1.165, 1.54) is 0 Å². The predicted octanol–water partition coefficient (Wildman–Crippen LogP) is 2.68. The zero-order valence-electron chi connectivity index (χ0n) is 28.2. The second-order valence-electron chi connectivity index (χ2n) is 12.8. The Kier molecular flexibility index (Phi) is 16.5. The van der Waals surface area contributed by atoms with Crippen molar-refractivity contribution in [2.75, 3.05) is 26.4 Å². The van der Waals surface area contributed by atoms with Gasteiger partial charge in [-0.15, -0.1) is 0 Å². The van der Waals surface area contributed by atoms with E-state index in [0.717, 1.165) is 16.7 Å². The number of aliphatic hydroxyl groups is 3. The summed E-state index contributed by atoms with van der Waals surface area (Å²) in [5.41, 5.74) is 2.15. The smallest absolute Gasteiger partial charge is 0.407 e. The Bertz CT molecular complexity index is 1330. The summed E-state index contributed by atoms with van der Waals surface area (Å²) in [5, 5.41) is 44.0. The van der Waals surface area contributed by atoms with E-state index in [1.807, 2.05) is 91.0 Å². The highest BCUT2D eigenvalue weighted by molar-refractivity contribution is 5.82. The normalized spacial score (nSPS) is 14.7. The summed E-state index contributed by atoms with van der Waals surface area (Å²) in [5.74, 6) is -0.378. The first-order valence-corrected chi connectivity index (χ1v) is 16.4. The van der Waals surface area contributed by atoms with Gasteiger partial charge in [-0.05, 0) is 56.7 Å². The maximum Gasteiger partial charge on any atom is 0.407 e. The van der Waals surface area contributed by atoms with Crippen LogP contribution in [-0.2, 0) is 33.7 Å². The number of carbonyl (C=O) groups excluding carboxylic acids is 2. The van der Waals surface area contributed by atoms with E-state index in [2.05, 4.69) is 21.3 Å². The zero-order chi connectivity index (χ0) is 34.8. The topological polar surface area (TPSA) is 161 Å². The molecule has 262 valence electrons. The molecule has 0 aliphatic heterocycles. The van der Waals surface area contributed by atoms with Gasteiger partial charge >= 0.3 is 6.09 Å². The number of alkyl carbamates (subject to hydrolysis) is 1. The largest absolute Gasteiger partial charge is 0.444 e. The highest BCUT2D eigenvalue weighted by Gasteiger charge is 2.28. The van der Waals surface area contributed by atoms with Crippen molar-refractivity contribution in [3.8, 4) is 0 Å². The summed E-state index contributed by atoms with van der Waals surface area (Å²) in [6.45, 7) is 5.67. The number of hydrogen-bond donors (Lipinski definition) is 7. The lowest BCUT2D eigenvalue weighted by Gasteiger charge is -2.29. The Morgan fingerprint density at radius 1 is 0.729 bits per heavy atom. The minimum Gasteiger partial charge on any atom is -0.444 e. The van der Waals surface area contributed by atoms with E-state index in [-0.39, 0.29) is 38.8 Å². The zero-order valence-corrected chi connectivity index (χ0v) is 28.2. The van der Waals surface area contributed by atoms with Crippen LogP contribution < -0.4 is 21.3 Å². The fraction of sp³-hybridized carbons (Fsp3) is 0.459. The second kappa shape index (κ2) is 20.5. The minimum absolute atomic E-state index is 0.0532. The maximum atomic E-state index is 13.4. The summed E-state index contributed by atoms with van der Waals surface area (Å²) in [6, 6.07) is 26.6. The van der Waals surface area contributed by atoms with E-state index >= 15 is 0 Å².